The smallest absolute Gasteiger partial charge is 0.322 e. The van der Waals surface area contributed by atoms with Gasteiger partial charge in [-0.25, -0.2) is 0 Å². The molecule has 0 aliphatic heterocycles. The van der Waals surface area contributed by atoms with Crippen LogP contribution in [0.3, 0.4) is 0 Å². The number of nitrogens with one attached hydrogen (secondary N) is 2. The molecule has 7 nitrogen and oxygen atoms in total. The summed E-state index contributed by atoms with van der Waals surface area (Å²) in [7, 11) is 0. The van der Waals surface area contributed by atoms with Gasteiger partial charge in [0.05, 0.1) is 12.8 Å². The molecule has 0 fully saturated rings. The molecule has 7 heteroatoms. The van der Waals surface area contributed by atoms with Gasteiger partial charge in [-0.3, -0.25) is 14.9 Å². The fourth-order valence-corrected chi connectivity index (χ4v) is 1.21. The molecule has 0 heterocycles. The molecule has 0 spiro atoms. The number of unbranched alkanes of at least 4 members (excludes halogenated alkanes) is 1. The molecule has 0 rings (SSSR count). The zero-order valence-corrected chi connectivity index (χ0v) is 9.11. The summed E-state index contributed by atoms with van der Waals surface area (Å²) >= 11 is 0. The van der Waals surface area contributed by atoms with Crippen LogP contribution in [-0.2, 0) is 9.59 Å². The zero-order valence-electron chi connectivity index (χ0n) is 9.11. The third-order valence-electron chi connectivity index (χ3n) is 2.01. The average Bonchev–Trinajstić information content (AvgIpc) is 2.25. The second-order valence-corrected chi connectivity index (χ2v) is 3.31. The Morgan fingerprint density at radius 2 is 2.00 bits per heavy atom. The van der Waals surface area contributed by atoms with Crippen molar-refractivity contribution in [2.45, 2.75) is 25.3 Å². The number of carboxylic acid groups (broad SMARTS) is 1. The highest BCUT2D eigenvalue weighted by molar-refractivity contribution is 5.85. The van der Waals surface area contributed by atoms with Crippen LogP contribution in [0.2, 0.25) is 0 Å². The predicted molar refractivity (Wildman–Crippen MR) is 57.6 cm³/mol. The number of aliphatic hydroxyl groups is 1. The number of hydrogen-bond donors (Lipinski definition) is 5. The fourth-order valence-electron chi connectivity index (χ4n) is 1.21. The number of aliphatic hydroxyl groups excluding tert-OH is 1. The number of carboxylic acids is 1. The lowest BCUT2D eigenvalue weighted by atomic mass is 10.1. The summed E-state index contributed by atoms with van der Waals surface area (Å²) in [6.45, 7) is -0.199. The van der Waals surface area contributed by atoms with E-state index >= 15 is 0 Å². The number of amides is 1. The van der Waals surface area contributed by atoms with E-state index in [1.54, 1.807) is 0 Å². The van der Waals surface area contributed by atoms with Crippen molar-refractivity contribution in [3.8, 4) is 0 Å². The van der Waals surface area contributed by atoms with Crippen molar-refractivity contribution in [2.75, 3.05) is 19.8 Å². The largest absolute Gasteiger partial charge is 0.480 e. The van der Waals surface area contributed by atoms with E-state index in [1.165, 1.54) is 0 Å². The standard InChI is InChI=1S/C9H19N3O4/c10-4-2-1-3-7(12-6-13)9(16)11-5-8(14)15/h7,12-13H,1-6,10H2,(H,11,16)(H,14,15). The maximum Gasteiger partial charge on any atom is 0.322 e. The van der Waals surface area contributed by atoms with E-state index in [-0.39, 0.29) is 6.73 Å². The molecule has 0 aliphatic carbocycles. The molecule has 0 bridgehead atoms. The normalized spacial score (nSPS) is 12.1. The lowest BCUT2D eigenvalue weighted by Gasteiger charge is -2.16. The molecule has 0 radical (unpaired) electrons. The molecular weight excluding hydrogens is 214 g/mol. The van der Waals surface area contributed by atoms with E-state index in [9.17, 15) is 9.59 Å². The number of carbonyl (C=O) groups is 2. The molecule has 1 amide bonds. The van der Waals surface area contributed by atoms with Crippen LogP contribution < -0.4 is 16.4 Å². The van der Waals surface area contributed by atoms with Crippen LogP contribution in [0.1, 0.15) is 19.3 Å². The molecule has 0 aliphatic rings. The van der Waals surface area contributed by atoms with Crippen molar-refractivity contribution in [1.82, 2.24) is 10.6 Å². The van der Waals surface area contributed by atoms with Gasteiger partial charge in [-0.1, -0.05) is 6.42 Å². The summed E-state index contributed by atoms with van der Waals surface area (Å²) in [5.74, 6) is -1.52. The van der Waals surface area contributed by atoms with Crippen LogP contribution in [0, 0.1) is 0 Å². The number of hydrogen-bond acceptors (Lipinski definition) is 5. The molecule has 1 atom stereocenters. The summed E-state index contributed by atoms with van der Waals surface area (Å²) in [6.07, 6.45) is 2.05. The van der Waals surface area contributed by atoms with Crippen molar-refractivity contribution in [2.24, 2.45) is 5.73 Å². The van der Waals surface area contributed by atoms with Gasteiger partial charge in [-0.05, 0) is 19.4 Å². The third-order valence-corrected chi connectivity index (χ3v) is 2.01. The Hall–Kier alpha value is -1.18. The van der Waals surface area contributed by atoms with Gasteiger partial charge >= 0.3 is 5.97 Å². The zero-order chi connectivity index (χ0) is 12.4. The molecule has 16 heavy (non-hydrogen) atoms. The summed E-state index contributed by atoms with van der Waals surface area (Å²) in [4.78, 5) is 21.7. The monoisotopic (exact) mass is 233 g/mol. The molecular formula is C9H19N3O4. The first-order valence-electron chi connectivity index (χ1n) is 5.15. The number of aliphatic carboxylic acids is 1. The van der Waals surface area contributed by atoms with Gasteiger partial charge in [-0.15, -0.1) is 0 Å². The van der Waals surface area contributed by atoms with Gasteiger partial charge in [0.2, 0.25) is 5.91 Å². The predicted octanol–water partition coefficient (Wildman–Crippen LogP) is -1.78. The molecule has 0 aromatic rings. The van der Waals surface area contributed by atoms with Crippen LogP contribution in [-0.4, -0.2) is 48.0 Å². The lowest BCUT2D eigenvalue weighted by molar-refractivity contribution is -0.138. The molecule has 0 saturated carbocycles. The van der Waals surface area contributed by atoms with Gasteiger partial charge in [0.25, 0.3) is 0 Å². The molecule has 0 aromatic heterocycles. The summed E-state index contributed by atoms with van der Waals surface area (Å²) in [6, 6.07) is -0.573. The van der Waals surface area contributed by atoms with E-state index in [0.717, 1.165) is 12.8 Å². The van der Waals surface area contributed by atoms with E-state index < -0.39 is 24.5 Å². The van der Waals surface area contributed by atoms with Gasteiger partial charge in [0, 0.05) is 0 Å². The van der Waals surface area contributed by atoms with Gasteiger partial charge in [0.15, 0.2) is 0 Å². The maximum atomic E-state index is 11.5. The number of rotatable bonds is 9. The Kier molecular flexibility index (Phi) is 8.41. The quantitative estimate of drug-likeness (QED) is 0.237. The number of nitrogens with two attached hydrogens (primary N) is 1. The van der Waals surface area contributed by atoms with Crippen molar-refractivity contribution >= 4 is 11.9 Å². The lowest BCUT2D eigenvalue weighted by Crippen LogP contribution is -2.46. The molecule has 1 unspecified atom stereocenters. The summed E-state index contributed by atoms with van der Waals surface area (Å²) < 4.78 is 0. The minimum absolute atomic E-state index is 0.326. The summed E-state index contributed by atoms with van der Waals surface area (Å²) in [5.41, 5.74) is 5.32. The van der Waals surface area contributed by atoms with Crippen LogP contribution in [0.5, 0.6) is 0 Å². The maximum absolute atomic E-state index is 11.5. The van der Waals surface area contributed by atoms with Gasteiger partial charge < -0.3 is 21.3 Å². The van der Waals surface area contributed by atoms with Crippen LogP contribution >= 0.6 is 0 Å². The van der Waals surface area contributed by atoms with Gasteiger partial charge in [0.1, 0.15) is 6.54 Å². The minimum Gasteiger partial charge on any atom is -0.480 e. The molecule has 6 N–H and O–H groups in total. The van der Waals surface area contributed by atoms with Crippen molar-refractivity contribution in [3.05, 3.63) is 0 Å². The van der Waals surface area contributed by atoms with Crippen LogP contribution in [0.4, 0.5) is 0 Å². The van der Waals surface area contributed by atoms with E-state index in [1.807, 2.05) is 0 Å². The average molecular weight is 233 g/mol. The topological polar surface area (TPSA) is 125 Å². The minimum atomic E-state index is -1.10. The van der Waals surface area contributed by atoms with Gasteiger partial charge in [-0.2, -0.15) is 0 Å². The Balaban J connectivity index is 3.96. The van der Waals surface area contributed by atoms with Crippen molar-refractivity contribution < 1.29 is 19.8 Å². The summed E-state index contributed by atoms with van der Waals surface area (Å²) in [5, 5.41) is 21.9. The van der Waals surface area contributed by atoms with Crippen molar-refractivity contribution in [3.63, 3.8) is 0 Å². The second-order valence-electron chi connectivity index (χ2n) is 3.31. The first kappa shape index (κ1) is 14.8. The molecule has 0 saturated heterocycles. The highest BCUT2D eigenvalue weighted by atomic mass is 16.4. The SMILES string of the molecule is NCCCCC(NCO)C(=O)NCC(=O)O. The van der Waals surface area contributed by atoms with E-state index in [4.69, 9.17) is 15.9 Å². The first-order chi connectivity index (χ1) is 7.61. The van der Waals surface area contributed by atoms with E-state index in [0.29, 0.717) is 13.0 Å². The second kappa shape index (κ2) is 9.08. The highest BCUT2D eigenvalue weighted by Gasteiger charge is 2.17. The first-order valence-corrected chi connectivity index (χ1v) is 5.15. The van der Waals surface area contributed by atoms with Crippen molar-refractivity contribution in [1.29, 1.82) is 0 Å². The molecule has 0 aromatic carbocycles. The number of carbonyl (C=O) groups excluding carboxylic acids is 1. The molecule has 94 valence electrons. The fraction of sp³-hybridized carbons (Fsp3) is 0.778. The van der Waals surface area contributed by atoms with Crippen LogP contribution in [0.15, 0.2) is 0 Å². The van der Waals surface area contributed by atoms with Crippen LogP contribution in [0.25, 0.3) is 0 Å². The Morgan fingerprint density at radius 3 is 2.50 bits per heavy atom. The van der Waals surface area contributed by atoms with E-state index in [2.05, 4.69) is 10.6 Å². The Labute approximate surface area is 94.0 Å². The Morgan fingerprint density at radius 1 is 1.31 bits per heavy atom. The third kappa shape index (κ3) is 7.16. The highest BCUT2D eigenvalue weighted by Crippen LogP contribution is 2.00. The Bertz CT molecular complexity index is 223.